The molecule has 1 atom stereocenters. The molecule has 5 nitrogen and oxygen atoms in total. The summed E-state index contributed by atoms with van der Waals surface area (Å²) in [5, 5.41) is 13.0. The van der Waals surface area contributed by atoms with Crippen molar-refractivity contribution in [1.82, 2.24) is 10.2 Å². The van der Waals surface area contributed by atoms with Gasteiger partial charge in [0.2, 0.25) is 5.91 Å². The molecule has 1 aliphatic carbocycles. The molecule has 1 aromatic rings. The zero-order valence-electron chi connectivity index (χ0n) is 18.5. The van der Waals surface area contributed by atoms with Gasteiger partial charge in [0.15, 0.2) is 0 Å². The average Bonchev–Trinajstić information content (AvgIpc) is 2.78. The standard InChI is InChI=1S/C25H36N4O/c1-17(2)19-4-6-20(7-5-19)23-21-15-18(16-27)3-8-22(21)25(9-12-28-13-10-25)24(30)29(23)14-11-26/h3,8,15,17,19-20,23,28H,4-7,9-14,26H2,1-2H3. The quantitative estimate of drug-likeness (QED) is 0.799. The number of hydrogen-bond donors (Lipinski definition) is 2. The molecule has 30 heavy (non-hydrogen) atoms. The van der Waals surface area contributed by atoms with Crippen LogP contribution in [0.2, 0.25) is 0 Å². The van der Waals surface area contributed by atoms with Gasteiger partial charge < -0.3 is 16.0 Å². The van der Waals surface area contributed by atoms with Gasteiger partial charge in [0.1, 0.15) is 0 Å². The molecule has 0 radical (unpaired) electrons. The number of hydrogen-bond acceptors (Lipinski definition) is 4. The highest BCUT2D eigenvalue weighted by atomic mass is 16.2. The largest absolute Gasteiger partial charge is 0.333 e. The minimum absolute atomic E-state index is 0.0537. The molecular formula is C25H36N4O. The normalized spacial score (nSPS) is 28.4. The predicted octanol–water partition coefficient (Wildman–Crippen LogP) is 3.48. The van der Waals surface area contributed by atoms with E-state index in [1.54, 1.807) is 0 Å². The van der Waals surface area contributed by atoms with Crippen molar-refractivity contribution in [3.63, 3.8) is 0 Å². The summed E-state index contributed by atoms with van der Waals surface area (Å²) in [5.74, 6) is 2.21. The number of carbonyl (C=O) groups excluding carboxylic acids is 1. The van der Waals surface area contributed by atoms with E-state index in [4.69, 9.17) is 5.73 Å². The smallest absolute Gasteiger partial charge is 0.233 e. The van der Waals surface area contributed by atoms with Crippen LogP contribution < -0.4 is 11.1 Å². The number of rotatable bonds is 4. The molecule has 1 saturated carbocycles. The van der Waals surface area contributed by atoms with Gasteiger partial charge in [0.05, 0.1) is 23.1 Å². The van der Waals surface area contributed by atoms with Crippen LogP contribution in [-0.4, -0.2) is 37.0 Å². The van der Waals surface area contributed by atoms with Crippen LogP contribution in [0.15, 0.2) is 18.2 Å². The van der Waals surface area contributed by atoms with Crippen LogP contribution >= 0.6 is 0 Å². The van der Waals surface area contributed by atoms with Crippen LogP contribution in [0.5, 0.6) is 0 Å². The molecule has 2 aliphatic heterocycles. The topological polar surface area (TPSA) is 82.2 Å². The number of amides is 1. The molecule has 3 N–H and O–H groups in total. The Labute approximate surface area is 181 Å². The fraction of sp³-hybridized carbons (Fsp3) is 0.680. The van der Waals surface area contributed by atoms with Crippen LogP contribution in [-0.2, 0) is 10.2 Å². The minimum Gasteiger partial charge on any atom is -0.333 e. The van der Waals surface area contributed by atoms with E-state index >= 15 is 0 Å². The Morgan fingerprint density at radius 3 is 2.53 bits per heavy atom. The van der Waals surface area contributed by atoms with E-state index in [1.165, 1.54) is 24.0 Å². The maximum Gasteiger partial charge on any atom is 0.233 e. The van der Waals surface area contributed by atoms with E-state index in [9.17, 15) is 10.1 Å². The lowest BCUT2D eigenvalue weighted by Gasteiger charge is -2.52. The molecule has 2 fully saturated rings. The van der Waals surface area contributed by atoms with E-state index in [1.807, 2.05) is 6.07 Å². The minimum atomic E-state index is -0.463. The van der Waals surface area contributed by atoms with Crippen molar-refractivity contribution in [3.8, 4) is 6.07 Å². The first kappa shape index (κ1) is 21.3. The van der Waals surface area contributed by atoms with E-state index in [0.29, 0.717) is 24.6 Å². The molecule has 1 spiro atoms. The van der Waals surface area contributed by atoms with Gasteiger partial charge in [0.25, 0.3) is 0 Å². The van der Waals surface area contributed by atoms with Crippen LogP contribution in [0.3, 0.4) is 0 Å². The molecule has 2 heterocycles. The van der Waals surface area contributed by atoms with E-state index < -0.39 is 5.41 Å². The first-order chi connectivity index (χ1) is 14.5. The number of carbonyl (C=O) groups is 1. The van der Waals surface area contributed by atoms with Crippen LogP contribution in [0.25, 0.3) is 0 Å². The summed E-state index contributed by atoms with van der Waals surface area (Å²) in [6, 6.07) is 8.45. The lowest BCUT2D eigenvalue weighted by Crippen LogP contribution is -2.58. The highest BCUT2D eigenvalue weighted by molar-refractivity contribution is 5.91. The summed E-state index contributed by atoms with van der Waals surface area (Å²) < 4.78 is 0. The molecule has 1 aromatic carbocycles. The number of benzene rings is 1. The van der Waals surface area contributed by atoms with Crippen molar-refractivity contribution in [2.24, 2.45) is 23.5 Å². The Kier molecular flexibility index (Phi) is 6.18. The van der Waals surface area contributed by atoms with Crippen molar-refractivity contribution in [2.45, 2.75) is 63.8 Å². The lowest BCUT2D eigenvalue weighted by molar-refractivity contribution is -0.145. The maximum absolute atomic E-state index is 14.0. The monoisotopic (exact) mass is 408 g/mol. The number of nitrogens with two attached hydrogens (primary N) is 1. The number of nitriles is 1. The molecule has 3 aliphatic rings. The van der Waals surface area contributed by atoms with Crippen molar-refractivity contribution >= 4 is 5.91 Å². The molecule has 1 amide bonds. The maximum atomic E-state index is 14.0. The Morgan fingerprint density at radius 1 is 1.23 bits per heavy atom. The molecule has 1 saturated heterocycles. The highest BCUT2D eigenvalue weighted by Crippen LogP contribution is 2.51. The Bertz CT molecular complexity index is 813. The zero-order valence-corrected chi connectivity index (χ0v) is 18.5. The first-order valence-electron chi connectivity index (χ1n) is 11.8. The molecule has 5 heteroatoms. The molecule has 4 rings (SSSR count). The summed E-state index contributed by atoms with van der Waals surface area (Å²) >= 11 is 0. The van der Waals surface area contributed by atoms with Gasteiger partial charge >= 0.3 is 0 Å². The van der Waals surface area contributed by atoms with Crippen molar-refractivity contribution in [2.75, 3.05) is 26.2 Å². The summed E-state index contributed by atoms with van der Waals surface area (Å²) in [6.45, 7) is 7.43. The van der Waals surface area contributed by atoms with Crippen LogP contribution in [0.1, 0.15) is 75.1 Å². The highest BCUT2D eigenvalue weighted by Gasteiger charge is 2.52. The van der Waals surface area contributed by atoms with Gasteiger partial charge in [0, 0.05) is 13.1 Å². The number of piperidine rings is 1. The molecule has 0 aromatic heterocycles. The van der Waals surface area contributed by atoms with Crippen LogP contribution in [0, 0.1) is 29.1 Å². The Morgan fingerprint density at radius 2 is 1.93 bits per heavy atom. The van der Waals surface area contributed by atoms with E-state index in [0.717, 1.165) is 50.6 Å². The fourth-order valence-electron chi connectivity index (χ4n) is 6.35. The summed E-state index contributed by atoms with van der Waals surface area (Å²) in [5.41, 5.74) is 8.64. The summed E-state index contributed by atoms with van der Waals surface area (Å²) in [7, 11) is 0. The second-order valence-electron chi connectivity index (χ2n) is 9.90. The number of nitrogens with one attached hydrogen (secondary N) is 1. The third-order valence-electron chi connectivity index (χ3n) is 8.05. The van der Waals surface area contributed by atoms with Gasteiger partial charge in [-0.15, -0.1) is 0 Å². The molecular weight excluding hydrogens is 372 g/mol. The SMILES string of the molecule is CC(C)C1CCC(C2c3cc(C#N)ccc3C3(CCNCC3)C(=O)N2CCN)CC1. The van der Waals surface area contributed by atoms with Gasteiger partial charge in [-0.2, -0.15) is 5.26 Å². The molecule has 1 unspecified atom stereocenters. The first-order valence-corrected chi connectivity index (χ1v) is 11.8. The molecule has 0 bridgehead atoms. The fourth-order valence-corrected chi connectivity index (χ4v) is 6.35. The zero-order chi connectivity index (χ0) is 21.3. The molecule has 162 valence electrons. The van der Waals surface area contributed by atoms with E-state index in [2.05, 4.69) is 42.3 Å². The third-order valence-corrected chi connectivity index (χ3v) is 8.05. The van der Waals surface area contributed by atoms with Crippen molar-refractivity contribution in [1.29, 1.82) is 5.26 Å². The van der Waals surface area contributed by atoms with E-state index in [-0.39, 0.29) is 11.9 Å². The van der Waals surface area contributed by atoms with Gasteiger partial charge in [-0.05, 0) is 92.6 Å². The summed E-state index contributed by atoms with van der Waals surface area (Å²) in [6.07, 6.45) is 6.38. The second kappa shape index (κ2) is 8.69. The van der Waals surface area contributed by atoms with Crippen molar-refractivity contribution in [3.05, 3.63) is 34.9 Å². The Balaban J connectivity index is 1.78. The number of nitrogens with zero attached hydrogens (tertiary/aromatic N) is 2. The van der Waals surface area contributed by atoms with Gasteiger partial charge in [-0.25, -0.2) is 0 Å². The third kappa shape index (κ3) is 3.55. The lowest BCUT2D eigenvalue weighted by atomic mass is 9.63. The van der Waals surface area contributed by atoms with Crippen LogP contribution in [0.4, 0.5) is 0 Å². The average molecular weight is 409 g/mol. The van der Waals surface area contributed by atoms with Gasteiger partial charge in [-0.1, -0.05) is 19.9 Å². The van der Waals surface area contributed by atoms with Crippen molar-refractivity contribution < 1.29 is 4.79 Å². The predicted molar refractivity (Wildman–Crippen MR) is 119 cm³/mol. The number of fused-ring (bicyclic) bond motifs is 2. The summed E-state index contributed by atoms with van der Waals surface area (Å²) in [4.78, 5) is 16.1. The second-order valence-corrected chi connectivity index (χ2v) is 9.90. The Hall–Kier alpha value is -1.90. The van der Waals surface area contributed by atoms with Gasteiger partial charge in [-0.3, -0.25) is 4.79 Å².